The molecule has 0 aromatic carbocycles. The average Bonchev–Trinajstić information content (AvgIpc) is 3.44. The fourth-order valence-electron chi connectivity index (χ4n) is 10.6. The fourth-order valence-corrected chi connectivity index (χ4v) is 11.4. The minimum Gasteiger partial charge on any atom is -0.456 e. The molecule has 1 amide bonds. The molecule has 0 spiro atoms. The smallest absolute Gasteiger partial charge is 0.456 e. The Hall–Kier alpha value is -1.77. The number of quaternary nitrogens is 1. The van der Waals surface area contributed by atoms with Crippen LogP contribution in [0.2, 0.25) is 0 Å². The molecule has 0 aliphatic heterocycles. The van der Waals surface area contributed by atoms with E-state index in [9.17, 15) is 19.0 Å². The van der Waals surface area contributed by atoms with Gasteiger partial charge >= 0.3 is 13.8 Å². The van der Waals surface area contributed by atoms with Gasteiger partial charge < -0.3 is 19.4 Å². The number of ether oxygens (including phenoxy) is 1. The number of amides is 1. The molecule has 0 fully saturated rings. The predicted octanol–water partition coefficient (Wildman–Crippen LogP) is 22.2. The van der Waals surface area contributed by atoms with Crippen LogP contribution < -0.4 is 5.32 Å². The van der Waals surface area contributed by atoms with Gasteiger partial charge in [0.1, 0.15) is 19.3 Å². The SMILES string of the molecule is CCCCC/C=C\C/C=C\CCCCCCCCCC(=O)OC(/C=C\CCCCCCCCCCCCC)C(COP(=O)(O)OCC[N+](C)(C)C)NC(=O)CCCCCCCCCCCCCCCCCCCCCCCCCCC. The first-order chi connectivity index (χ1) is 39.4. The summed E-state index contributed by atoms with van der Waals surface area (Å²) in [6.45, 7) is 7.04. The van der Waals surface area contributed by atoms with Gasteiger partial charge in [-0.1, -0.05) is 314 Å². The lowest BCUT2D eigenvalue weighted by Crippen LogP contribution is -2.47. The monoisotopic (exact) mass is 1160 g/mol. The van der Waals surface area contributed by atoms with Crippen molar-refractivity contribution in [3.05, 3.63) is 36.5 Å². The molecule has 0 radical (unpaired) electrons. The molecule has 3 unspecified atom stereocenters. The van der Waals surface area contributed by atoms with Gasteiger partial charge in [0.2, 0.25) is 5.91 Å². The highest BCUT2D eigenvalue weighted by Crippen LogP contribution is 2.43. The summed E-state index contributed by atoms with van der Waals surface area (Å²) in [5.74, 6) is -0.495. The van der Waals surface area contributed by atoms with Crippen LogP contribution in [-0.4, -0.2) is 74.3 Å². The number of likely N-dealkylation sites (N-methyl/N-ethyl adjacent to an activating group) is 1. The molecule has 0 aromatic rings. The molecule has 2 N–H and O–H groups in total. The van der Waals surface area contributed by atoms with Crippen molar-refractivity contribution in [2.24, 2.45) is 0 Å². The average molecular weight is 1160 g/mol. The quantitative estimate of drug-likeness (QED) is 0.0205. The van der Waals surface area contributed by atoms with Crippen LogP contribution in [0.3, 0.4) is 0 Å². The third-order valence-corrected chi connectivity index (χ3v) is 17.1. The van der Waals surface area contributed by atoms with Crippen LogP contribution in [0.5, 0.6) is 0 Å². The molecule has 0 heterocycles. The van der Waals surface area contributed by atoms with Crippen LogP contribution in [0.1, 0.15) is 355 Å². The number of unbranched alkanes of at least 4 members (excludes halogenated alkanes) is 45. The van der Waals surface area contributed by atoms with E-state index in [1.165, 1.54) is 244 Å². The summed E-state index contributed by atoms with van der Waals surface area (Å²) in [5, 5.41) is 3.08. The van der Waals surface area contributed by atoms with E-state index in [1.807, 2.05) is 33.3 Å². The molecule has 478 valence electrons. The number of rotatable bonds is 65. The van der Waals surface area contributed by atoms with Crippen molar-refractivity contribution in [2.45, 2.75) is 367 Å². The number of nitrogens with one attached hydrogen (secondary N) is 1. The maximum atomic E-state index is 13.6. The molecular weight excluding hydrogens is 1020 g/mol. The second-order valence-electron chi connectivity index (χ2n) is 25.4. The number of hydrogen-bond acceptors (Lipinski definition) is 6. The van der Waals surface area contributed by atoms with E-state index >= 15 is 0 Å². The third kappa shape index (κ3) is 62.6. The molecule has 9 nitrogen and oxygen atoms in total. The summed E-state index contributed by atoms with van der Waals surface area (Å²) >= 11 is 0. The summed E-state index contributed by atoms with van der Waals surface area (Å²) in [7, 11) is 1.51. The highest BCUT2D eigenvalue weighted by Gasteiger charge is 2.30. The predicted molar refractivity (Wildman–Crippen MR) is 351 cm³/mol. The summed E-state index contributed by atoms with van der Waals surface area (Å²) < 4.78 is 30.8. The molecule has 3 atom stereocenters. The van der Waals surface area contributed by atoms with E-state index in [0.29, 0.717) is 17.4 Å². The van der Waals surface area contributed by atoms with Crippen molar-refractivity contribution in [1.82, 2.24) is 5.32 Å². The number of carbonyl (C=O) groups excluding carboxylic acids is 2. The minimum atomic E-state index is -4.45. The molecule has 0 aliphatic rings. The summed E-state index contributed by atoms with van der Waals surface area (Å²) in [6.07, 6.45) is 75.8. The number of phosphoric ester groups is 1. The van der Waals surface area contributed by atoms with E-state index in [1.54, 1.807) is 0 Å². The van der Waals surface area contributed by atoms with Crippen molar-refractivity contribution < 1.29 is 37.3 Å². The largest absolute Gasteiger partial charge is 0.472 e. The Morgan fingerprint density at radius 3 is 1.14 bits per heavy atom. The molecule has 81 heavy (non-hydrogen) atoms. The number of phosphoric acid groups is 1. The standard InChI is InChI=1S/C71H137N2O7P/c1-7-10-13-16-19-22-25-28-30-32-33-34-35-36-37-38-39-41-42-45-48-51-54-57-60-63-70(74)72-68(67-79-81(76,77)78-66-65-73(4,5)6)69(62-59-56-53-50-47-44-27-24-21-18-15-12-9-3)80-71(75)64-61-58-55-52-49-46-43-40-31-29-26-23-20-17-14-11-8-2/h20,23,29,31,59,62,68-69H,7-19,21-22,24-28,30,32-58,60-61,63-67H2,1-6H3,(H-,72,74,76,77)/p+1/b23-20-,31-29-,62-59-. The van der Waals surface area contributed by atoms with Gasteiger partial charge in [-0.15, -0.1) is 0 Å². The van der Waals surface area contributed by atoms with Crippen LogP contribution in [0.15, 0.2) is 36.5 Å². The summed E-state index contributed by atoms with van der Waals surface area (Å²) in [6, 6.07) is -0.849. The highest BCUT2D eigenvalue weighted by molar-refractivity contribution is 7.47. The van der Waals surface area contributed by atoms with E-state index < -0.39 is 20.0 Å². The molecular formula is C71H138N2O7P+. The first kappa shape index (κ1) is 79.2. The van der Waals surface area contributed by atoms with Gasteiger partial charge in [0.05, 0.1) is 33.8 Å². The molecule has 0 bridgehead atoms. The first-order valence-electron chi connectivity index (χ1n) is 35.3. The number of hydrogen-bond donors (Lipinski definition) is 2. The van der Waals surface area contributed by atoms with Crippen molar-refractivity contribution in [3.8, 4) is 0 Å². The Bertz CT molecular complexity index is 1480. The van der Waals surface area contributed by atoms with E-state index in [2.05, 4.69) is 50.4 Å². The number of allylic oxidation sites excluding steroid dienone is 5. The zero-order chi connectivity index (χ0) is 59.3. The van der Waals surface area contributed by atoms with E-state index in [-0.39, 0.29) is 31.5 Å². The van der Waals surface area contributed by atoms with E-state index in [4.69, 9.17) is 13.8 Å². The molecule has 0 aromatic heterocycles. The minimum absolute atomic E-state index is 0.0415. The van der Waals surface area contributed by atoms with Crippen LogP contribution in [0, 0.1) is 0 Å². The molecule has 0 saturated heterocycles. The fraction of sp³-hybridized carbons (Fsp3) is 0.887. The second kappa shape index (κ2) is 61.3. The van der Waals surface area contributed by atoms with E-state index in [0.717, 1.165) is 77.0 Å². The molecule has 0 aliphatic carbocycles. The second-order valence-corrected chi connectivity index (χ2v) is 26.9. The van der Waals surface area contributed by atoms with Crippen molar-refractivity contribution in [3.63, 3.8) is 0 Å². The summed E-state index contributed by atoms with van der Waals surface area (Å²) in [5.41, 5.74) is 0. The Kier molecular flexibility index (Phi) is 60.0. The molecule has 0 saturated carbocycles. The lowest BCUT2D eigenvalue weighted by atomic mass is 10.0. The summed E-state index contributed by atoms with van der Waals surface area (Å²) in [4.78, 5) is 37.9. The number of nitrogens with zero attached hydrogens (tertiary/aromatic N) is 1. The maximum Gasteiger partial charge on any atom is 0.472 e. The van der Waals surface area contributed by atoms with Gasteiger partial charge in [-0.2, -0.15) is 0 Å². The van der Waals surface area contributed by atoms with Gasteiger partial charge in [0.25, 0.3) is 0 Å². The molecule has 10 heteroatoms. The Morgan fingerprint density at radius 1 is 0.432 bits per heavy atom. The zero-order valence-corrected chi connectivity index (χ0v) is 55.7. The van der Waals surface area contributed by atoms with Gasteiger partial charge in [-0.3, -0.25) is 18.6 Å². The van der Waals surface area contributed by atoms with Crippen molar-refractivity contribution >= 4 is 19.7 Å². The Labute approximate surface area is 504 Å². The third-order valence-electron chi connectivity index (χ3n) is 16.1. The van der Waals surface area contributed by atoms with Crippen molar-refractivity contribution in [2.75, 3.05) is 40.9 Å². The normalized spacial score (nSPS) is 13.7. The lowest BCUT2D eigenvalue weighted by molar-refractivity contribution is -0.870. The Balaban J connectivity index is 5.06. The topological polar surface area (TPSA) is 111 Å². The number of esters is 1. The highest BCUT2D eigenvalue weighted by atomic mass is 31.2. The zero-order valence-electron chi connectivity index (χ0n) is 54.8. The first-order valence-corrected chi connectivity index (χ1v) is 36.8. The Morgan fingerprint density at radius 2 is 0.753 bits per heavy atom. The van der Waals surface area contributed by atoms with Gasteiger partial charge in [0, 0.05) is 12.8 Å². The lowest BCUT2D eigenvalue weighted by Gasteiger charge is -2.27. The number of carbonyl (C=O) groups is 2. The van der Waals surface area contributed by atoms with Crippen molar-refractivity contribution in [1.29, 1.82) is 0 Å². The van der Waals surface area contributed by atoms with Gasteiger partial charge in [-0.25, -0.2) is 4.57 Å². The molecule has 0 rings (SSSR count). The van der Waals surface area contributed by atoms with Crippen LogP contribution in [-0.2, 0) is 27.9 Å². The van der Waals surface area contributed by atoms with Crippen LogP contribution >= 0.6 is 7.82 Å². The van der Waals surface area contributed by atoms with Crippen LogP contribution in [0.25, 0.3) is 0 Å². The van der Waals surface area contributed by atoms with Crippen LogP contribution in [0.4, 0.5) is 0 Å². The van der Waals surface area contributed by atoms with Gasteiger partial charge in [-0.05, 0) is 63.9 Å². The van der Waals surface area contributed by atoms with Gasteiger partial charge in [0.15, 0.2) is 0 Å². The maximum absolute atomic E-state index is 13.6.